The fourth-order valence-corrected chi connectivity index (χ4v) is 3.56. The first kappa shape index (κ1) is 18.4. The van der Waals surface area contributed by atoms with E-state index < -0.39 is 6.04 Å². The number of hydrogen-bond acceptors (Lipinski definition) is 5. The normalized spacial score (nSPS) is 15.0. The minimum Gasteiger partial charge on any atom is -0.394 e. The second-order valence-electron chi connectivity index (χ2n) is 7.03. The molecule has 0 radical (unpaired) electrons. The standard InChI is InChI=1S/C22H23N3O3/c26-15-21(17-7-2-1-3-8-17)23-22(27)20-12-19(28-24-20)14-25-11-10-16-6-4-5-9-18(16)13-25/h1-9,12,21,26H,10-11,13-15H2,(H,23,27)/t21-/m1/s1. The summed E-state index contributed by atoms with van der Waals surface area (Å²) in [5, 5.41) is 16.3. The van der Waals surface area contributed by atoms with Gasteiger partial charge < -0.3 is 14.9 Å². The lowest BCUT2D eigenvalue weighted by Crippen LogP contribution is -2.31. The van der Waals surface area contributed by atoms with Gasteiger partial charge in [0.15, 0.2) is 11.5 Å². The van der Waals surface area contributed by atoms with Crippen LogP contribution in [0.15, 0.2) is 65.2 Å². The number of nitrogens with zero attached hydrogens (tertiary/aromatic N) is 2. The number of fused-ring (bicyclic) bond motifs is 1. The molecule has 1 atom stereocenters. The van der Waals surface area contributed by atoms with Crippen molar-refractivity contribution in [3.05, 3.63) is 88.8 Å². The van der Waals surface area contributed by atoms with Crippen LogP contribution in [-0.2, 0) is 19.5 Å². The second-order valence-corrected chi connectivity index (χ2v) is 7.03. The average Bonchev–Trinajstić information content (AvgIpc) is 3.21. The minimum atomic E-state index is -0.479. The van der Waals surface area contributed by atoms with E-state index in [2.05, 4.69) is 39.6 Å². The Labute approximate surface area is 163 Å². The molecule has 4 rings (SSSR count). The van der Waals surface area contributed by atoms with Gasteiger partial charge in [0, 0.05) is 19.2 Å². The molecule has 6 nitrogen and oxygen atoms in total. The number of aromatic nitrogens is 1. The van der Waals surface area contributed by atoms with Gasteiger partial charge >= 0.3 is 0 Å². The first-order valence-electron chi connectivity index (χ1n) is 9.44. The average molecular weight is 377 g/mol. The van der Waals surface area contributed by atoms with Crippen molar-refractivity contribution < 1.29 is 14.4 Å². The van der Waals surface area contributed by atoms with Gasteiger partial charge in [-0.1, -0.05) is 59.8 Å². The highest BCUT2D eigenvalue weighted by Gasteiger charge is 2.21. The summed E-state index contributed by atoms with van der Waals surface area (Å²) in [6.45, 7) is 2.23. The van der Waals surface area contributed by atoms with Gasteiger partial charge in [0.25, 0.3) is 5.91 Å². The molecular formula is C22H23N3O3. The number of carbonyl (C=O) groups is 1. The summed E-state index contributed by atoms with van der Waals surface area (Å²) in [6.07, 6.45) is 1.01. The van der Waals surface area contributed by atoms with Crippen molar-refractivity contribution in [3.8, 4) is 0 Å². The Bertz CT molecular complexity index is 939. The van der Waals surface area contributed by atoms with Crippen LogP contribution < -0.4 is 5.32 Å². The van der Waals surface area contributed by atoms with Gasteiger partial charge in [0.05, 0.1) is 19.2 Å². The number of benzene rings is 2. The molecule has 0 spiro atoms. The van der Waals surface area contributed by atoms with Gasteiger partial charge in [-0.2, -0.15) is 0 Å². The molecule has 1 aliphatic heterocycles. The molecule has 0 unspecified atom stereocenters. The SMILES string of the molecule is O=C(N[C@H](CO)c1ccccc1)c1cc(CN2CCc3ccccc3C2)on1. The van der Waals surface area contributed by atoms with Crippen molar-refractivity contribution in [3.63, 3.8) is 0 Å². The predicted molar refractivity (Wildman–Crippen MR) is 104 cm³/mol. The Hall–Kier alpha value is -2.96. The zero-order valence-electron chi connectivity index (χ0n) is 15.5. The van der Waals surface area contributed by atoms with E-state index in [0.29, 0.717) is 12.3 Å². The monoisotopic (exact) mass is 377 g/mol. The quantitative estimate of drug-likeness (QED) is 0.691. The number of aliphatic hydroxyl groups is 1. The maximum absolute atomic E-state index is 12.5. The van der Waals surface area contributed by atoms with Crippen LogP contribution >= 0.6 is 0 Å². The molecule has 6 heteroatoms. The number of hydrogen-bond donors (Lipinski definition) is 2. The molecule has 0 saturated heterocycles. The molecule has 0 saturated carbocycles. The van der Waals surface area contributed by atoms with Crippen molar-refractivity contribution in [2.45, 2.75) is 25.6 Å². The molecule has 1 aliphatic rings. The molecule has 0 bridgehead atoms. The second kappa shape index (κ2) is 8.37. The predicted octanol–water partition coefficient (Wildman–Crippen LogP) is 2.70. The lowest BCUT2D eigenvalue weighted by atomic mass is 10.00. The molecule has 28 heavy (non-hydrogen) atoms. The van der Waals surface area contributed by atoms with E-state index in [4.69, 9.17) is 4.52 Å². The van der Waals surface area contributed by atoms with E-state index >= 15 is 0 Å². The molecular weight excluding hydrogens is 354 g/mol. The lowest BCUT2D eigenvalue weighted by Gasteiger charge is -2.27. The number of aliphatic hydroxyl groups excluding tert-OH is 1. The molecule has 3 aromatic rings. The van der Waals surface area contributed by atoms with Crippen LogP contribution in [0.2, 0.25) is 0 Å². The number of amides is 1. The highest BCUT2D eigenvalue weighted by molar-refractivity contribution is 5.92. The van der Waals surface area contributed by atoms with Gasteiger partial charge in [-0.25, -0.2) is 0 Å². The fraction of sp³-hybridized carbons (Fsp3) is 0.273. The van der Waals surface area contributed by atoms with E-state index in [1.165, 1.54) is 11.1 Å². The largest absolute Gasteiger partial charge is 0.394 e. The van der Waals surface area contributed by atoms with E-state index in [1.807, 2.05) is 30.3 Å². The van der Waals surface area contributed by atoms with Crippen LogP contribution in [0.5, 0.6) is 0 Å². The van der Waals surface area contributed by atoms with Crippen LogP contribution in [0.3, 0.4) is 0 Å². The van der Waals surface area contributed by atoms with Crippen LogP contribution in [0.4, 0.5) is 0 Å². The molecule has 1 amide bonds. The van der Waals surface area contributed by atoms with E-state index in [9.17, 15) is 9.90 Å². The third-order valence-corrected chi connectivity index (χ3v) is 5.07. The summed E-state index contributed by atoms with van der Waals surface area (Å²) in [4.78, 5) is 14.8. The summed E-state index contributed by atoms with van der Waals surface area (Å²) in [5.74, 6) is 0.298. The topological polar surface area (TPSA) is 78.6 Å². The van der Waals surface area contributed by atoms with Gasteiger partial charge in [0.1, 0.15) is 0 Å². The van der Waals surface area contributed by atoms with E-state index in [1.54, 1.807) is 6.07 Å². The van der Waals surface area contributed by atoms with Crippen molar-refractivity contribution in [1.29, 1.82) is 0 Å². The highest BCUT2D eigenvalue weighted by atomic mass is 16.5. The molecule has 2 N–H and O–H groups in total. The van der Waals surface area contributed by atoms with Gasteiger partial charge in [-0.3, -0.25) is 9.69 Å². The maximum atomic E-state index is 12.5. The van der Waals surface area contributed by atoms with Crippen LogP contribution in [0, 0.1) is 0 Å². The van der Waals surface area contributed by atoms with E-state index in [0.717, 1.165) is 25.1 Å². The Balaban J connectivity index is 1.38. The van der Waals surface area contributed by atoms with Crippen LogP contribution in [0.1, 0.15) is 39.0 Å². The van der Waals surface area contributed by atoms with Crippen molar-refractivity contribution in [2.24, 2.45) is 0 Å². The van der Waals surface area contributed by atoms with Gasteiger partial charge in [0.2, 0.25) is 0 Å². The zero-order valence-corrected chi connectivity index (χ0v) is 15.5. The molecule has 0 fully saturated rings. The first-order valence-corrected chi connectivity index (χ1v) is 9.44. The highest BCUT2D eigenvalue weighted by Crippen LogP contribution is 2.20. The molecule has 144 valence electrons. The van der Waals surface area contributed by atoms with Crippen molar-refractivity contribution >= 4 is 5.91 Å². The molecule has 1 aromatic heterocycles. The third-order valence-electron chi connectivity index (χ3n) is 5.07. The third kappa shape index (κ3) is 4.13. The molecule has 2 heterocycles. The first-order chi connectivity index (χ1) is 13.7. The number of rotatable bonds is 6. The van der Waals surface area contributed by atoms with E-state index in [-0.39, 0.29) is 18.2 Å². The van der Waals surface area contributed by atoms with Gasteiger partial charge in [-0.05, 0) is 23.1 Å². The Morgan fingerprint density at radius 2 is 1.89 bits per heavy atom. The summed E-state index contributed by atoms with van der Waals surface area (Å²) in [7, 11) is 0. The molecule has 2 aromatic carbocycles. The number of carbonyl (C=O) groups excluding carboxylic acids is 1. The maximum Gasteiger partial charge on any atom is 0.274 e. The zero-order chi connectivity index (χ0) is 19.3. The van der Waals surface area contributed by atoms with Crippen LogP contribution in [0.25, 0.3) is 0 Å². The Morgan fingerprint density at radius 1 is 1.14 bits per heavy atom. The summed E-state index contributed by atoms with van der Waals surface area (Å²) < 4.78 is 5.38. The van der Waals surface area contributed by atoms with Crippen molar-refractivity contribution in [2.75, 3.05) is 13.2 Å². The Morgan fingerprint density at radius 3 is 2.68 bits per heavy atom. The number of nitrogens with one attached hydrogen (secondary N) is 1. The van der Waals surface area contributed by atoms with Crippen LogP contribution in [-0.4, -0.2) is 34.2 Å². The smallest absolute Gasteiger partial charge is 0.274 e. The fourth-order valence-electron chi connectivity index (χ4n) is 3.56. The summed E-state index contributed by atoms with van der Waals surface area (Å²) in [6, 6.07) is 19.0. The Kier molecular flexibility index (Phi) is 5.50. The van der Waals surface area contributed by atoms with Gasteiger partial charge in [-0.15, -0.1) is 0 Å². The van der Waals surface area contributed by atoms with Crippen molar-refractivity contribution in [1.82, 2.24) is 15.4 Å². The lowest BCUT2D eigenvalue weighted by molar-refractivity contribution is 0.0906. The molecule has 0 aliphatic carbocycles. The minimum absolute atomic E-state index is 0.187. The summed E-state index contributed by atoms with van der Waals surface area (Å²) >= 11 is 0. The summed E-state index contributed by atoms with van der Waals surface area (Å²) in [5.41, 5.74) is 3.79.